The number of hydrogen-bond donors (Lipinski definition) is 0. The fourth-order valence-corrected chi connectivity index (χ4v) is 1.44. The highest BCUT2D eigenvalue weighted by Gasteiger charge is 2.08. The first-order chi connectivity index (χ1) is 7.20. The fraction of sp³-hybridized carbons (Fsp3) is 0.200. The molecule has 0 N–H and O–H groups in total. The lowest BCUT2D eigenvalue weighted by Crippen LogP contribution is -1.82. The lowest BCUT2D eigenvalue weighted by atomic mass is 10.2. The van der Waals surface area contributed by atoms with E-state index in [1.54, 1.807) is 18.2 Å². The van der Waals surface area contributed by atoms with Crippen molar-refractivity contribution in [3.05, 3.63) is 34.1 Å². The lowest BCUT2D eigenvalue weighted by Gasteiger charge is -1.97. The zero-order valence-electron chi connectivity index (χ0n) is 8.00. The van der Waals surface area contributed by atoms with Crippen LogP contribution in [0.3, 0.4) is 0 Å². The molecule has 1 heterocycles. The number of aryl methyl sites for hydroxylation is 1. The minimum absolute atomic E-state index is 0.463. The highest BCUT2D eigenvalue weighted by molar-refractivity contribution is 6.42. The summed E-state index contributed by atoms with van der Waals surface area (Å²) >= 11 is 11.7. The average Bonchev–Trinajstić information content (AvgIpc) is 2.70. The maximum Gasteiger partial charge on any atom is 0.257 e. The van der Waals surface area contributed by atoms with E-state index in [0.29, 0.717) is 21.8 Å². The molecule has 1 aromatic carbocycles. The molecular weight excluding hydrogens is 235 g/mol. The van der Waals surface area contributed by atoms with Crippen molar-refractivity contribution in [1.82, 2.24) is 10.1 Å². The van der Waals surface area contributed by atoms with Gasteiger partial charge in [0.2, 0.25) is 0 Å². The minimum atomic E-state index is 0.463. The van der Waals surface area contributed by atoms with Gasteiger partial charge in [0.25, 0.3) is 5.89 Å². The second-order valence-electron chi connectivity index (χ2n) is 3.00. The predicted octanol–water partition coefficient (Wildman–Crippen LogP) is 3.61. The number of aromatic nitrogens is 2. The van der Waals surface area contributed by atoms with Crippen LogP contribution in [0.1, 0.15) is 12.7 Å². The van der Waals surface area contributed by atoms with E-state index in [1.807, 2.05) is 6.92 Å². The van der Waals surface area contributed by atoms with Gasteiger partial charge < -0.3 is 4.52 Å². The van der Waals surface area contributed by atoms with E-state index in [9.17, 15) is 0 Å². The van der Waals surface area contributed by atoms with Crippen molar-refractivity contribution in [2.24, 2.45) is 0 Å². The van der Waals surface area contributed by atoms with Crippen molar-refractivity contribution in [3.63, 3.8) is 0 Å². The Morgan fingerprint density at radius 3 is 2.67 bits per heavy atom. The van der Waals surface area contributed by atoms with Crippen molar-refractivity contribution in [2.75, 3.05) is 0 Å². The summed E-state index contributed by atoms with van der Waals surface area (Å²) in [5.41, 5.74) is 0.775. The van der Waals surface area contributed by atoms with Gasteiger partial charge in [0.05, 0.1) is 10.0 Å². The van der Waals surface area contributed by atoms with Crippen molar-refractivity contribution < 1.29 is 4.52 Å². The molecule has 0 saturated heterocycles. The average molecular weight is 243 g/mol. The van der Waals surface area contributed by atoms with Crippen LogP contribution in [-0.2, 0) is 6.42 Å². The molecule has 0 atom stereocenters. The molecule has 0 saturated carbocycles. The van der Waals surface area contributed by atoms with Crippen molar-refractivity contribution in [1.29, 1.82) is 0 Å². The Bertz CT molecular complexity index is 482. The summed E-state index contributed by atoms with van der Waals surface area (Å²) in [6.45, 7) is 1.96. The normalized spacial score (nSPS) is 10.6. The van der Waals surface area contributed by atoms with E-state index < -0.39 is 0 Å². The topological polar surface area (TPSA) is 38.9 Å². The highest BCUT2D eigenvalue weighted by Crippen LogP contribution is 2.27. The van der Waals surface area contributed by atoms with Crippen LogP contribution in [0.25, 0.3) is 11.5 Å². The van der Waals surface area contributed by atoms with Crippen LogP contribution in [0.4, 0.5) is 0 Å². The monoisotopic (exact) mass is 242 g/mol. The summed E-state index contributed by atoms with van der Waals surface area (Å²) in [5, 5.41) is 4.79. The molecule has 5 heteroatoms. The van der Waals surface area contributed by atoms with Crippen molar-refractivity contribution in [3.8, 4) is 11.5 Å². The van der Waals surface area contributed by atoms with Crippen LogP contribution >= 0.6 is 23.2 Å². The van der Waals surface area contributed by atoms with Gasteiger partial charge in [-0.2, -0.15) is 4.98 Å². The molecule has 3 nitrogen and oxygen atoms in total. The van der Waals surface area contributed by atoms with Crippen molar-refractivity contribution >= 4 is 23.2 Å². The maximum atomic E-state index is 5.88. The highest BCUT2D eigenvalue weighted by atomic mass is 35.5. The number of hydrogen-bond acceptors (Lipinski definition) is 3. The Kier molecular flexibility index (Phi) is 2.93. The van der Waals surface area contributed by atoms with E-state index in [2.05, 4.69) is 10.1 Å². The number of halogens is 2. The molecule has 0 bridgehead atoms. The smallest absolute Gasteiger partial charge is 0.257 e. The standard InChI is InChI=1S/C10H8Cl2N2O/c1-2-9-13-10(15-14-9)6-3-4-7(11)8(12)5-6/h3-5H,2H2,1H3. The lowest BCUT2D eigenvalue weighted by molar-refractivity contribution is 0.423. The van der Waals surface area contributed by atoms with Crippen LogP contribution in [-0.4, -0.2) is 10.1 Å². The summed E-state index contributed by atoms with van der Waals surface area (Å²) in [6, 6.07) is 5.20. The zero-order valence-corrected chi connectivity index (χ0v) is 9.51. The molecular formula is C10H8Cl2N2O. The summed E-state index contributed by atoms with van der Waals surface area (Å²) in [6.07, 6.45) is 0.741. The zero-order chi connectivity index (χ0) is 10.8. The quantitative estimate of drug-likeness (QED) is 0.808. The van der Waals surface area contributed by atoms with Crippen LogP contribution in [0, 0.1) is 0 Å². The Labute approximate surface area is 97.0 Å². The summed E-state index contributed by atoms with van der Waals surface area (Å²) in [4.78, 5) is 4.19. The van der Waals surface area contributed by atoms with Gasteiger partial charge in [-0.1, -0.05) is 35.3 Å². The van der Waals surface area contributed by atoms with E-state index in [0.717, 1.165) is 12.0 Å². The van der Waals surface area contributed by atoms with Gasteiger partial charge in [0, 0.05) is 12.0 Å². The third kappa shape index (κ3) is 2.13. The first-order valence-electron chi connectivity index (χ1n) is 4.48. The van der Waals surface area contributed by atoms with Gasteiger partial charge in [-0.05, 0) is 18.2 Å². The summed E-state index contributed by atoms with van der Waals surface area (Å²) in [7, 11) is 0. The fourth-order valence-electron chi connectivity index (χ4n) is 1.14. The molecule has 0 aliphatic rings. The van der Waals surface area contributed by atoms with E-state index >= 15 is 0 Å². The number of rotatable bonds is 2. The van der Waals surface area contributed by atoms with Crippen LogP contribution in [0.2, 0.25) is 10.0 Å². The molecule has 0 aliphatic carbocycles. The summed E-state index contributed by atoms with van der Waals surface area (Å²) < 4.78 is 5.07. The van der Waals surface area contributed by atoms with Gasteiger partial charge in [0.1, 0.15) is 0 Å². The Morgan fingerprint density at radius 1 is 1.27 bits per heavy atom. The molecule has 0 amide bonds. The number of benzene rings is 1. The summed E-state index contributed by atoms with van der Waals surface area (Å²) in [5.74, 6) is 1.14. The third-order valence-electron chi connectivity index (χ3n) is 1.95. The van der Waals surface area contributed by atoms with Gasteiger partial charge >= 0.3 is 0 Å². The molecule has 1 aromatic heterocycles. The molecule has 15 heavy (non-hydrogen) atoms. The SMILES string of the molecule is CCc1noc(-c2ccc(Cl)c(Cl)c2)n1. The molecule has 2 rings (SSSR count). The van der Waals surface area contributed by atoms with E-state index in [-0.39, 0.29) is 0 Å². The molecule has 0 radical (unpaired) electrons. The van der Waals surface area contributed by atoms with Gasteiger partial charge in [-0.25, -0.2) is 0 Å². The Hall–Kier alpha value is -1.06. The van der Waals surface area contributed by atoms with Crippen molar-refractivity contribution in [2.45, 2.75) is 13.3 Å². The van der Waals surface area contributed by atoms with Crippen LogP contribution in [0.15, 0.2) is 22.7 Å². The second kappa shape index (κ2) is 4.21. The van der Waals surface area contributed by atoms with E-state index in [4.69, 9.17) is 27.7 Å². The molecule has 0 spiro atoms. The van der Waals surface area contributed by atoms with Crippen LogP contribution < -0.4 is 0 Å². The largest absolute Gasteiger partial charge is 0.334 e. The number of nitrogens with zero attached hydrogens (tertiary/aromatic N) is 2. The van der Waals surface area contributed by atoms with E-state index in [1.165, 1.54) is 0 Å². The Morgan fingerprint density at radius 2 is 2.07 bits per heavy atom. The third-order valence-corrected chi connectivity index (χ3v) is 2.69. The van der Waals surface area contributed by atoms with Gasteiger partial charge in [-0.3, -0.25) is 0 Å². The van der Waals surface area contributed by atoms with Gasteiger partial charge in [-0.15, -0.1) is 0 Å². The molecule has 0 fully saturated rings. The molecule has 2 aromatic rings. The minimum Gasteiger partial charge on any atom is -0.334 e. The molecule has 0 aliphatic heterocycles. The second-order valence-corrected chi connectivity index (χ2v) is 3.81. The molecule has 0 unspecified atom stereocenters. The molecule has 78 valence electrons. The first kappa shape index (κ1) is 10.5. The van der Waals surface area contributed by atoms with Gasteiger partial charge in [0.15, 0.2) is 5.82 Å². The maximum absolute atomic E-state index is 5.88. The van der Waals surface area contributed by atoms with Crippen LogP contribution in [0.5, 0.6) is 0 Å². The first-order valence-corrected chi connectivity index (χ1v) is 5.24. The Balaban J connectivity index is 2.40. The predicted molar refractivity (Wildman–Crippen MR) is 59.1 cm³/mol.